The molecule has 0 saturated carbocycles. The number of piperidine rings is 1. The van der Waals surface area contributed by atoms with E-state index < -0.39 is 25.0 Å². The molecule has 1 unspecified atom stereocenters. The second-order valence-electron chi connectivity index (χ2n) is 8.78. The van der Waals surface area contributed by atoms with Crippen molar-refractivity contribution >= 4 is 17.6 Å². The standard InChI is InChI=1S/C21H24F4N6O2/c1-11-7-30(10-21(11,24)25)20-28-15(12-4-16(33-19(22)23)18(26)27-6-12)5-17(29-20)31-8-14-3-2-13(31)9-32-14/h4-6,11,13-14,19H,2-3,7-10H2,1H3,(H2,26,27)/t11?,13-,14-/m0/s1. The Morgan fingerprint density at radius 3 is 2.64 bits per heavy atom. The Labute approximate surface area is 187 Å². The molecule has 3 atom stereocenters. The van der Waals surface area contributed by atoms with Crippen LogP contribution in [0.4, 0.5) is 35.1 Å². The van der Waals surface area contributed by atoms with Gasteiger partial charge in [0, 0.05) is 36.8 Å². The SMILES string of the molecule is CC1CN(c2nc(-c3cnc(N)c(OC(F)F)c3)cc(N3C[C@@H]4CC[C@H]3CO4)n2)CC1(F)F. The first-order chi connectivity index (χ1) is 15.7. The average molecular weight is 468 g/mol. The third-order valence-electron chi connectivity index (χ3n) is 6.48. The summed E-state index contributed by atoms with van der Waals surface area (Å²) in [6.07, 6.45) is 3.36. The van der Waals surface area contributed by atoms with Crippen LogP contribution in [-0.2, 0) is 4.74 Å². The lowest BCUT2D eigenvalue weighted by atomic mass is 9.97. The minimum atomic E-state index is -3.07. The minimum absolute atomic E-state index is 0.0808. The minimum Gasteiger partial charge on any atom is -0.431 e. The Balaban J connectivity index is 1.56. The molecule has 8 nitrogen and oxygen atoms in total. The average Bonchev–Trinajstić information content (AvgIpc) is 3.08. The van der Waals surface area contributed by atoms with Crippen molar-refractivity contribution < 1.29 is 27.0 Å². The van der Waals surface area contributed by atoms with Crippen LogP contribution >= 0.6 is 0 Å². The summed E-state index contributed by atoms with van der Waals surface area (Å²) in [4.78, 5) is 16.6. The van der Waals surface area contributed by atoms with Gasteiger partial charge in [0.2, 0.25) is 5.95 Å². The van der Waals surface area contributed by atoms with E-state index in [-0.39, 0.29) is 36.2 Å². The van der Waals surface area contributed by atoms with Gasteiger partial charge in [-0.3, -0.25) is 0 Å². The lowest BCUT2D eigenvalue weighted by molar-refractivity contribution is -0.0494. The number of nitrogens with two attached hydrogens (primary N) is 1. The van der Waals surface area contributed by atoms with E-state index in [9.17, 15) is 17.6 Å². The topological polar surface area (TPSA) is 89.6 Å². The Kier molecular flexibility index (Phi) is 5.42. The van der Waals surface area contributed by atoms with Gasteiger partial charge in [-0.05, 0) is 18.9 Å². The van der Waals surface area contributed by atoms with E-state index in [0.717, 1.165) is 12.8 Å². The van der Waals surface area contributed by atoms with Gasteiger partial charge < -0.3 is 25.0 Å². The smallest absolute Gasteiger partial charge is 0.387 e. The zero-order valence-electron chi connectivity index (χ0n) is 17.9. The molecule has 6 heterocycles. The van der Waals surface area contributed by atoms with Crippen molar-refractivity contribution in [2.24, 2.45) is 5.92 Å². The summed E-state index contributed by atoms with van der Waals surface area (Å²) in [5.74, 6) is -3.45. The highest BCUT2D eigenvalue weighted by atomic mass is 19.3. The first-order valence-electron chi connectivity index (χ1n) is 10.8. The summed E-state index contributed by atoms with van der Waals surface area (Å²) in [6.45, 7) is -0.778. The molecule has 0 aromatic carbocycles. The maximum absolute atomic E-state index is 14.3. The van der Waals surface area contributed by atoms with Gasteiger partial charge in [-0.2, -0.15) is 13.8 Å². The fraction of sp³-hybridized carbons (Fsp3) is 0.571. The number of ether oxygens (including phenoxy) is 2. The molecule has 2 aromatic rings. The van der Waals surface area contributed by atoms with Gasteiger partial charge >= 0.3 is 6.61 Å². The molecular weight excluding hydrogens is 444 g/mol. The Morgan fingerprint density at radius 2 is 2.03 bits per heavy atom. The maximum Gasteiger partial charge on any atom is 0.387 e. The molecule has 12 heteroatoms. The van der Waals surface area contributed by atoms with E-state index >= 15 is 0 Å². The molecule has 0 spiro atoms. The third kappa shape index (κ3) is 4.23. The summed E-state index contributed by atoms with van der Waals surface area (Å²) in [7, 11) is 0. The Morgan fingerprint density at radius 1 is 1.21 bits per heavy atom. The van der Waals surface area contributed by atoms with Crippen LogP contribution in [-0.4, -0.2) is 65.9 Å². The van der Waals surface area contributed by atoms with Gasteiger partial charge in [0.25, 0.3) is 5.92 Å². The maximum atomic E-state index is 14.3. The Hall–Kier alpha value is -2.89. The number of hydrogen-bond acceptors (Lipinski definition) is 8. The van der Waals surface area contributed by atoms with Crippen molar-refractivity contribution in [3.05, 3.63) is 18.3 Å². The van der Waals surface area contributed by atoms with Crippen molar-refractivity contribution in [3.8, 4) is 17.0 Å². The van der Waals surface area contributed by atoms with E-state index in [1.165, 1.54) is 24.1 Å². The first-order valence-corrected chi connectivity index (χ1v) is 10.8. The zero-order chi connectivity index (χ0) is 23.3. The van der Waals surface area contributed by atoms with Crippen LogP contribution in [0.3, 0.4) is 0 Å². The van der Waals surface area contributed by atoms with Gasteiger partial charge in [0.15, 0.2) is 11.6 Å². The number of alkyl halides is 4. The lowest BCUT2D eigenvalue weighted by Gasteiger charge is -2.45. The van der Waals surface area contributed by atoms with Crippen molar-refractivity contribution in [2.75, 3.05) is 41.8 Å². The van der Waals surface area contributed by atoms with Crippen LogP contribution in [0.25, 0.3) is 11.3 Å². The number of morpholine rings is 1. The molecule has 2 aromatic heterocycles. The number of pyridine rings is 1. The quantitative estimate of drug-likeness (QED) is 0.670. The van der Waals surface area contributed by atoms with Gasteiger partial charge in [-0.1, -0.05) is 6.92 Å². The lowest BCUT2D eigenvalue weighted by Crippen LogP contribution is -2.55. The summed E-state index contributed by atoms with van der Waals surface area (Å²) < 4.78 is 64.3. The second kappa shape index (κ2) is 8.15. The molecule has 0 aliphatic carbocycles. The molecule has 0 radical (unpaired) electrons. The predicted octanol–water partition coefficient (Wildman–Crippen LogP) is 3.18. The molecule has 2 bridgehead atoms. The second-order valence-corrected chi connectivity index (χ2v) is 8.78. The van der Waals surface area contributed by atoms with Crippen LogP contribution in [0.2, 0.25) is 0 Å². The molecular formula is C21H24F4N6O2. The van der Waals surface area contributed by atoms with E-state index in [2.05, 4.69) is 24.6 Å². The molecule has 178 valence electrons. The van der Waals surface area contributed by atoms with Crippen LogP contribution < -0.4 is 20.3 Å². The number of fused-ring (bicyclic) bond motifs is 3. The van der Waals surface area contributed by atoms with Gasteiger partial charge in [-0.15, -0.1) is 0 Å². The normalized spacial score (nSPS) is 26.3. The largest absolute Gasteiger partial charge is 0.431 e. The molecule has 33 heavy (non-hydrogen) atoms. The number of anilines is 3. The number of nitrogens with zero attached hydrogens (tertiary/aromatic N) is 5. The number of halogens is 4. The summed E-state index contributed by atoms with van der Waals surface area (Å²) >= 11 is 0. The van der Waals surface area contributed by atoms with Crippen LogP contribution in [0.1, 0.15) is 19.8 Å². The first kappa shape index (κ1) is 21.9. The molecule has 4 fully saturated rings. The van der Waals surface area contributed by atoms with Crippen LogP contribution in [0, 0.1) is 5.92 Å². The number of aromatic nitrogens is 3. The molecule has 4 aliphatic heterocycles. The van der Waals surface area contributed by atoms with Crippen LogP contribution in [0.15, 0.2) is 18.3 Å². The number of hydrogen-bond donors (Lipinski definition) is 1. The van der Waals surface area contributed by atoms with E-state index in [1.807, 2.05) is 0 Å². The summed E-state index contributed by atoms with van der Waals surface area (Å²) in [6, 6.07) is 3.14. The molecule has 6 rings (SSSR count). The fourth-order valence-corrected chi connectivity index (χ4v) is 4.57. The Bertz CT molecular complexity index is 1030. The highest BCUT2D eigenvalue weighted by molar-refractivity contribution is 5.68. The van der Waals surface area contributed by atoms with Gasteiger partial charge in [0.1, 0.15) is 5.82 Å². The van der Waals surface area contributed by atoms with Crippen molar-refractivity contribution in [2.45, 2.75) is 44.4 Å². The van der Waals surface area contributed by atoms with Crippen molar-refractivity contribution in [1.82, 2.24) is 15.0 Å². The van der Waals surface area contributed by atoms with E-state index in [1.54, 1.807) is 6.07 Å². The molecule has 4 aliphatic rings. The van der Waals surface area contributed by atoms with E-state index in [0.29, 0.717) is 30.2 Å². The third-order valence-corrected chi connectivity index (χ3v) is 6.48. The molecule has 2 N–H and O–H groups in total. The fourth-order valence-electron chi connectivity index (χ4n) is 4.57. The zero-order valence-corrected chi connectivity index (χ0v) is 17.9. The monoisotopic (exact) mass is 468 g/mol. The summed E-state index contributed by atoms with van der Waals surface area (Å²) in [5, 5.41) is 0. The van der Waals surface area contributed by atoms with Gasteiger partial charge in [-0.25, -0.2) is 18.7 Å². The highest BCUT2D eigenvalue weighted by Crippen LogP contribution is 2.38. The number of rotatable bonds is 5. The molecule has 4 saturated heterocycles. The number of nitrogen functional groups attached to an aromatic ring is 1. The van der Waals surface area contributed by atoms with E-state index in [4.69, 9.17) is 10.5 Å². The highest BCUT2D eigenvalue weighted by Gasteiger charge is 2.46. The van der Waals surface area contributed by atoms with Crippen LogP contribution in [0.5, 0.6) is 5.75 Å². The van der Waals surface area contributed by atoms with Crippen molar-refractivity contribution in [1.29, 1.82) is 0 Å². The van der Waals surface area contributed by atoms with Gasteiger partial charge in [0.05, 0.1) is 31.0 Å². The summed E-state index contributed by atoms with van der Waals surface area (Å²) in [5.41, 5.74) is 6.38. The predicted molar refractivity (Wildman–Crippen MR) is 113 cm³/mol. The molecule has 0 amide bonds. The van der Waals surface area contributed by atoms with Crippen molar-refractivity contribution in [3.63, 3.8) is 0 Å².